The highest BCUT2D eigenvalue weighted by Crippen LogP contribution is 2.23. The van der Waals surface area contributed by atoms with Crippen molar-refractivity contribution in [2.75, 3.05) is 10.6 Å². The van der Waals surface area contributed by atoms with Gasteiger partial charge in [-0.2, -0.15) is 0 Å². The first-order chi connectivity index (χ1) is 15.3. The van der Waals surface area contributed by atoms with Crippen LogP contribution in [-0.2, 0) is 17.8 Å². The van der Waals surface area contributed by atoms with Gasteiger partial charge in [-0.15, -0.1) is 0 Å². The number of pyridine rings is 1. The fourth-order valence-electron chi connectivity index (χ4n) is 2.93. The van der Waals surface area contributed by atoms with Gasteiger partial charge in [-0.1, -0.05) is 24.3 Å². The third-order valence-electron chi connectivity index (χ3n) is 4.43. The van der Waals surface area contributed by atoms with Crippen molar-refractivity contribution < 1.29 is 14.3 Å². The number of nitrogens with zero attached hydrogens (tertiary/aromatic N) is 1. The highest BCUT2D eigenvalue weighted by Gasteiger charge is 2.17. The number of amides is 2. The molecule has 0 bridgehead atoms. The second kappa shape index (κ2) is 10.5. The first kappa shape index (κ1) is 23.0. The Morgan fingerprint density at radius 1 is 0.812 bits per heavy atom. The average Bonchev–Trinajstić information content (AvgIpc) is 2.75. The standard InChI is InChI=1S/C25H28N4O3/c1-25(2,3)32-24(31)29-22-7-5-4-6-21(22)28-23(30)20-10-8-18(9-11-20)16-27-17-19-12-14-26-15-13-19/h4-15,27H,16-17H2,1-3H3,(H,28,30)(H,29,31). The van der Waals surface area contributed by atoms with E-state index in [9.17, 15) is 9.59 Å². The topological polar surface area (TPSA) is 92.4 Å². The predicted molar refractivity (Wildman–Crippen MR) is 125 cm³/mol. The highest BCUT2D eigenvalue weighted by atomic mass is 16.6. The number of benzene rings is 2. The van der Waals surface area contributed by atoms with E-state index in [1.54, 1.807) is 69.6 Å². The number of ether oxygens (including phenoxy) is 1. The molecule has 0 saturated heterocycles. The molecule has 32 heavy (non-hydrogen) atoms. The third-order valence-corrected chi connectivity index (χ3v) is 4.43. The number of para-hydroxylation sites is 2. The number of nitrogens with one attached hydrogen (secondary N) is 3. The lowest BCUT2D eigenvalue weighted by atomic mass is 10.1. The quantitative estimate of drug-likeness (QED) is 0.490. The van der Waals surface area contributed by atoms with Gasteiger partial charge >= 0.3 is 6.09 Å². The van der Waals surface area contributed by atoms with Gasteiger partial charge in [0.1, 0.15) is 5.60 Å². The average molecular weight is 433 g/mol. The second-order valence-corrected chi connectivity index (χ2v) is 8.28. The molecule has 0 spiro atoms. The SMILES string of the molecule is CC(C)(C)OC(=O)Nc1ccccc1NC(=O)c1ccc(CNCc2ccncc2)cc1. The summed E-state index contributed by atoms with van der Waals surface area (Å²) < 4.78 is 5.29. The minimum Gasteiger partial charge on any atom is -0.444 e. The van der Waals surface area contributed by atoms with Gasteiger partial charge in [0.2, 0.25) is 0 Å². The number of hydrogen-bond acceptors (Lipinski definition) is 5. The zero-order valence-electron chi connectivity index (χ0n) is 18.5. The normalized spacial score (nSPS) is 11.0. The first-order valence-electron chi connectivity index (χ1n) is 10.4. The smallest absolute Gasteiger partial charge is 0.412 e. The summed E-state index contributed by atoms with van der Waals surface area (Å²) in [5.74, 6) is -0.264. The molecule has 3 N–H and O–H groups in total. The molecule has 3 aromatic rings. The van der Waals surface area contributed by atoms with Crippen LogP contribution >= 0.6 is 0 Å². The molecule has 0 saturated carbocycles. The molecule has 0 aliphatic heterocycles. The van der Waals surface area contributed by atoms with Gasteiger partial charge < -0.3 is 15.4 Å². The van der Waals surface area contributed by atoms with Crippen molar-refractivity contribution in [1.29, 1.82) is 0 Å². The molecule has 3 rings (SSSR count). The molecule has 7 nitrogen and oxygen atoms in total. The van der Waals surface area contributed by atoms with Gasteiger partial charge in [0, 0.05) is 31.0 Å². The van der Waals surface area contributed by atoms with E-state index in [0.717, 1.165) is 17.7 Å². The van der Waals surface area contributed by atoms with Gasteiger partial charge in [0.05, 0.1) is 11.4 Å². The molecule has 0 radical (unpaired) electrons. The van der Waals surface area contributed by atoms with Crippen molar-refractivity contribution >= 4 is 23.4 Å². The lowest BCUT2D eigenvalue weighted by Gasteiger charge is -2.20. The largest absolute Gasteiger partial charge is 0.444 e. The molecule has 1 heterocycles. The molecule has 166 valence electrons. The Morgan fingerprint density at radius 3 is 1.97 bits per heavy atom. The van der Waals surface area contributed by atoms with Gasteiger partial charge in [-0.3, -0.25) is 15.1 Å². The maximum absolute atomic E-state index is 12.7. The van der Waals surface area contributed by atoms with E-state index >= 15 is 0 Å². The van der Waals surface area contributed by atoms with Crippen molar-refractivity contribution in [3.63, 3.8) is 0 Å². The summed E-state index contributed by atoms with van der Waals surface area (Å²) in [5, 5.41) is 8.90. The van der Waals surface area contributed by atoms with Crippen molar-refractivity contribution in [1.82, 2.24) is 10.3 Å². The number of anilines is 2. The number of aromatic nitrogens is 1. The Labute approximate surface area is 188 Å². The third kappa shape index (κ3) is 7.21. The molecule has 0 aliphatic carbocycles. The van der Waals surface area contributed by atoms with Crippen LogP contribution in [0.1, 0.15) is 42.3 Å². The van der Waals surface area contributed by atoms with Gasteiger partial charge in [-0.25, -0.2) is 4.79 Å². The van der Waals surface area contributed by atoms with Crippen molar-refractivity contribution in [3.05, 3.63) is 89.7 Å². The summed E-state index contributed by atoms with van der Waals surface area (Å²) in [4.78, 5) is 28.8. The minimum absolute atomic E-state index is 0.264. The van der Waals surface area contributed by atoms with Crippen LogP contribution in [0.15, 0.2) is 73.1 Å². The Hall–Kier alpha value is -3.71. The Balaban J connectivity index is 1.57. The number of rotatable bonds is 7. The lowest BCUT2D eigenvalue weighted by molar-refractivity contribution is 0.0635. The molecule has 2 amide bonds. The molecule has 1 aromatic heterocycles. The van der Waals surface area contributed by atoms with Gasteiger partial charge in [0.15, 0.2) is 0 Å². The fraction of sp³-hybridized carbons (Fsp3) is 0.240. The maximum Gasteiger partial charge on any atom is 0.412 e. The maximum atomic E-state index is 12.7. The van der Waals surface area contributed by atoms with Crippen molar-refractivity contribution in [2.24, 2.45) is 0 Å². The van der Waals surface area contributed by atoms with E-state index in [1.807, 2.05) is 24.3 Å². The fourth-order valence-corrected chi connectivity index (χ4v) is 2.93. The van der Waals surface area contributed by atoms with Crippen molar-refractivity contribution in [3.8, 4) is 0 Å². The Kier molecular flexibility index (Phi) is 7.57. The lowest BCUT2D eigenvalue weighted by Crippen LogP contribution is -2.27. The van der Waals surface area contributed by atoms with E-state index in [0.29, 0.717) is 23.5 Å². The summed E-state index contributed by atoms with van der Waals surface area (Å²) in [6, 6.07) is 18.3. The molecular formula is C25H28N4O3. The van der Waals surface area contributed by atoms with E-state index < -0.39 is 11.7 Å². The predicted octanol–water partition coefficient (Wildman–Crippen LogP) is 4.97. The molecule has 0 aliphatic rings. The van der Waals surface area contributed by atoms with Gasteiger partial charge in [-0.05, 0) is 68.3 Å². The highest BCUT2D eigenvalue weighted by molar-refractivity contribution is 6.06. The number of hydrogen-bond donors (Lipinski definition) is 3. The molecule has 0 fully saturated rings. The van der Waals surface area contributed by atoms with Crippen molar-refractivity contribution in [2.45, 2.75) is 39.5 Å². The van der Waals surface area contributed by atoms with E-state index in [1.165, 1.54) is 0 Å². The zero-order valence-corrected chi connectivity index (χ0v) is 18.5. The monoisotopic (exact) mass is 432 g/mol. The summed E-state index contributed by atoms with van der Waals surface area (Å²) >= 11 is 0. The molecule has 0 atom stereocenters. The van der Waals surface area contributed by atoms with Crippen LogP contribution in [0.25, 0.3) is 0 Å². The van der Waals surface area contributed by atoms with Crippen LogP contribution in [0, 0.1) is 0 Å². The summed E-state index contributed by atoms with van der Waals surface area (Å²) in [6.45, 7) is 6.80. The Morgan fingerprint density at radius 2 is 1.38 bits per heavy atom. The van der Waals surface area contributed by atoms with Gasteiger partial charge in [0.25, 0.3) is 5.91 Å². The first-order valence-corrected chi connectivity index (χ1v) is 10.4. The minimum atomic E-state index is -0.614. The van der Waals surface area contributed by atoms with Crippen LogP contribution in [0.5, 0.6) is 0 Å². The van der Waals surface area contributed by atoms with E-state index in [2.05, 4.69) is 20.9 Å². The summed E-state index contributed by atoms with van der Waals surface area (Å²) in [7, 11) is 0. The number of carbonyl (C=O) groups excluding carboxylic acids is 2. The van der Waals surface area contributed by atoms with Crippen LogP contribution < -0.4 is 16.0 Å². The van der Waals surface area contributed by atoms with E-state index in [-0.39, 0.29) is 5.91 Å². The molecule has 7 heteroatoms. The zero-order chi connectivity index (χ0) is 23.0. The molecule has 2 aromatic carbocycles. The Bertz CT molecular complexity index is 1040. The van der Waals surface area contributed by atoms with Crippen LogP contribution in [0.4, 0.5) is 16.2 Å². The summed E-state index contributed by atoms with van der Waals surface area (Å²) in [6.07, 6.45) is 2.96. The second-order valence-electron chi connectivity index (χ2n) is 8.28. The van der Waals surface area contributed by atoms with E-state index in [4.69, 9.17) is 4.74 Å². The number of carbonyl (C=O) groups is 2. The van der Waals surface area contributed by atoms with Crippen LogP contribution in [0.3, 0.4) is 0 Å². The molecule has 0 unspecified atom stereocenters. The van der Waals surface area contributed by atoms with Crippen LogP contribution in [-0.4, -0.2) is 22.6 Å². The summed E-state index contributed by atoms with van der Waals surface area (Å²) in [5.41, 5.74) is 3.10. The van der Waals surface area contributed by atoms with Crippen LogP contribution in [0.2, 0.25) is 0 Å². The molecular weight excluding hydrogens is 404 g/mol.